The first-order chi connectivity index (χ1) is 8.56. The lowest BCUT2D eigenvalue weighted by atomic mass is 9.99. The molecule has 0 aliphatic carbocycles. The van der Waals surface area contributed by atoms with Crippen molar-refractivity contribution in [3.05, 3.63) is 35.4 Å². The molecule has 1 unspecified atom stereocenters. The van der Waals surface area contributed by atoms with Crippen molar-refractivity contribution in [2.24, 2.45) is 0 Å². The molecule has 1 heterocycles. The summed E-state index contributed by atoms with van der Waals surface area (Å²) in [7, 11) is 0. The molecule has 1 aromatic rings. The molecule has 0 saturated carbocycles. The molecule has 0 aromatic heterocycles. The minimum atomic E-state index is 0.385. The third-order valence-electron chi connectivity index (χ3n) is 3.86. The zero-order valence-corrected chi connectivity index (χ0v) is 11.6. The van der Waals surface area contributed by atoms with Crippen molar-refractivity contribution in [1.29, 1.82) is 0 Å². The fourth-order valence-electron chi connectivity index (χ4n) is 2.53. The van der Waals surface area contributed by atoms with Crippen LogP contribution in [0.5, 0.6) is 0 Å². The summed E-state index contributed by atoms with van der Waals surface area (Å²) in [5.74, 6) is 1.000. The Bertz CT molecular complexity index is 408. The molecule has 0 radical (unpaired) electrons. The van der Waals surface area contributed by atoms with Crippen LogP contribution in [0.1, 0.15) is 50.7 Å². The van der Waals surface area contributed by atoms with E-state index in [2.05, 4.69) is 49.9 Å². The Hall–Kier alpha value is -1.15. The number of carbonyl (C=O) groups is 1. The number of nitrogens with zero attached hydrogens (tertiary/aromatic N) is 1. The van der Waals surface area contributed by atoms with Crippen LogP contribution < -0.4 is 0 Å². The van der Waals surface area contributed by atoms with Crippen LogP contribution >= 0.6 is 0 Å². The maximum Gasteiger partial charge on any atom is 0.135 e. The van der Waals surface area contributed by atoms with E-state index < -0.39 is 0 Å². The van der Waals surface area contributed by atoms with Gasteiger partial charge < -0.3 is 0 Å². The zero-order chi connectivity index (χ0) is 13.1. The summed E-state index contributed by atoms with van der Waals surface area (Å²) in [6.07, 6.45) is 1.43. The van der Waals surface area contributed by atoms with E-state index in [1.165, 1.54) is 11.1 Å². The number of hydrogen-bond donors (Lipinski definition) is 0. The SMILES string of the molecule is CC(C)c1ccc(CN2CCC(=O)CC2C)cc1. The Kier molecular flexibility index (Phi) is 4.18. The molecule has 98 valence electrons. The Balaban J connectivity index is 1.98. The van der Waals surface area contributed by atoms with E-state index in [9.17, 15) is 4.79 Å². The first-order valence-corrected chi connectivity index (χ1v) is 6.91. The molecule has 2 rings (SSSR count). The quantitative estimate of drug-likeness (QED) is 0.814. The topological polar surface area (TPSA) is 20.3 Å². The lowest BCUT2D eigenvalue weighted by Crippen LogP contribution is -2.40. The Labute approximate surface area is 110 Å². The Morgan fingerprint density at radius 3 is 2.50 bits per heavy atom. The smallest absolute Gasteiger partial charge is 0.135 e. The predicted octanol–water partition coefficient (Wildman–Crippen LogP) is 3.36. The number of hydrogen-bond acceptors (Lipinski definition) is 2. The van der Waals surface area contributed by atoms with Crippen LogP contribution in [0.2, 0.25) is 0 Å². The van der Waals surface area contributed by atoms with Crippen molar-refractivity contribution in [1.82, 2.24) is 4.90 Å². The number of rotatable bonds is 3. The molecule has 1 saturated heterocycles. The summed E-state index contributed by atoms with van der Waals surface area (Å²) in [4.78, 5) is 13.8. The minimum Gasteiger partial charge on any atom is -0.300 e. The van der Waals surface area contributed by atoms with Crippen LogP contribution in [0, 0.1) is 0 Å². The third-order valence-corrected chi connectivity index (χ3v) is 3.86. The van der Waals surface area contributed by atoms with E-state index in [0.29, 0.717) is 30.6 Å². The van der Waals surface area contributed by atoms with Gasteiger partial charge in [-0.3, -0.25) is 9.69 Å². The Morgan fingerprint density at radius 1 is 1.28 bits per heavy atom. The molecule has 1 fully saturated rings. The normalized spacial score (nSPS) is 21.6. The van der Waals surface area contributed by atoms with Gasteiger partial charge in [-0.05, 0) is 24.0 Å². The van der Waals surface area contributed by atoms with Gasteiger partial charge in [0.05, 0.1) is 0 Å². The first-order valence-electron chi connectivity index (χ1n) is 6.91. The van der Waals surface area contributed by atoms with Crippen molar-refractivity contribution < 1.29 is 4.79 Å². The van der Waals surface area contributed by atoms with Gasteiger partial charge in [0.1, 0.15) is 5.78 Å². The van der Waals surface area contributed by atoms with Crippen LogP contribution in [0.15, 0.2) is 24.3 Å². The van der Waals surface area contributed by atoms with E-state index in [1.807, 2.05) is 0 Å². The second-order valence-corrected chi connectivity index (χ2v) is 5.71. The highest BCUT2D eigenvalue weighted by Crippen LogP contribution is 2.19. The van der Waals surface area contributed by atoms with Gasteiger partial charge in [0, 0.05) is 32.0 Å². The van der Waals surface area contributed by atoms with Crippen LogP contribution in [0.3, 0.4) is 0 Å². The lowest BCUT2D eigenvalue weighted by Gasteiger charge is -2.32. The summed E-state index contributed by atoms with van der Waals surface area (Å²) < 4.78 is 0. The minimum absolute atomic E-state index is 0.385. The number of ketones is 1. The van der Waals surface area contributed by atoms with E-state index >= 15 is 0 Å². The molecule has 1 atom stereocenters. The molecule has 0 N–H and O–H groups in total. The largest absolute Gasteiger partial charge is 0.300 e. The molecule has 18 heavy (non-hydrogen) atoms. The number of benzene rings is 1. The lowest BCUT2D eigenvalue weighted by molar-refractivity contribution is -0.123. The molecule has 0 bridgehead atoms. The van der Waals surface area contributed by atoms with Crippen molar-refractivity contribution in [2.45, 2.75) is 52.1 Å². The van der Waals surface area contributed by atoms with E-state index in [4.69, 9.17) is 0 Å². The number of piperidine rings is 1. The average molecular weight is 245 g/mol. The van der Waals surface area contributed by atoms with Crippen molar-refractivity contribution in [2.75, 3.05) is 6.54 Å². The zero-order valence-electron chi connectivity index (χ0n) is 11.6. The summed E-state index contributed by atoms with van der Waals surface area (Å²) >= 11 is 0. The van der Waals surface area contributed by atoms with Gasteiger partial charge in [0.15, 0.2) is 0 Å². The molecular weight excluding hydrogens is 222 g/mol. The summed E-state index contributed by atoms with van der Waals surface area (Å²) in [6, 6.07) is 9.27. The standard InChI is InChI=1S/C16H23NO/c1-12(2)15-6-4-14(5-7-15)11-17-9-8-16(18)10-13(17)3/h4-7,12-13H,8-11H2,1-3H3. The van der Waals surface area contributed by atoms with Gasteiger partial charge in [-0.25, -0.2) is 0 Å². The van der Waals surface area contributed by atoms with Crippen molar-refractivity contribution in [3.8, 4) is 0 Å². The van der Waals surface area contributed by atoms with Gasteiger partial charge in [0.2, 0.25) is 0 Å². The average Bonchev–Trinajstić information content (AvgIpc) is 2.33. The molecule has 1 aromatic carbocycles. The monoisotopic (exact) mass is 245 g/mol. The molecular formula is C16H23NO. The van der Waals surface area contributed by atoms with Crippen LogP contribution in [0.4, 0.5) is 0 Å². The van der Waals surface area contributed by atoms with E-state index in [1.54, 1.807) is 0 Å². The third kappa shape index (κ3) is 3.20. The summed E-state index contributed by atoms with van der Waals surface area (Å²) in [5, 5.41) is 0. The van der Waals surface area contributed by atoms with Gasteiger partial charge in [-0.1, -0.05) is 38.1 Å². The van der Waals surface area contributed by atoms with Gasteiger partial charge in [-0.2, -0.15) is 0 Å². The van der Waals surface area contributed by atoms with Gasteiger partial charge in [0.25, 0.3) is 0 Å². The Morgan fingerprint density at radius 2 is 1.94 bits per heavy atom. The second kappa shape index (κ2) is 5.66. The first kappa shape index (κ1) is 13.3. The summed E-state index contributed by atoms with van der Waals surface area (Å²) in [6.45, 7) is 8.46. The number of carbonyl (C=O) groups excluding carboxylic acids is 1. The predicted molar refractivity (Wildman–Crippen MR) is 74.6 cm³/mol. The van der Waals surface area contributed by atoms with Crippen LogP contribution in [0.25, 0.3) is 0 Å². The van der Waals surface area contributed by atoms with E-state index in [-0.39, 0.29) is 0 Å². The highest BCUT2D eigenvalue weighted by Gasteiger charge is 2.23. The molecule has 1 aliphatic rings. The van der Waals surface area contributed by atoms with Gasteiger partial charge in [-0.15, -0.1) is 0 Å². The molecule has 0 spiro atoms. The fourth-order valence-corrected chi connectivity index (χ4v) is 2.53. The second-order valence-electron chi connectivity index (χ2n) is 5.71. The highest BCUT2D eigenvalue weighted by atomic mass is 16.1. The maximum atomic E-state index is 11.4. The van der Waals surface area contributed by atoms with Crippen molar-refractivity contribution in [3.63, 3.8) is 0 Å². The van der Waals surface area contributed by atoms with Gasteiger partial charge >= 0.3 is 0 Å². The molecule has 1 aliphatic heterocycles. The number of likely N-dealkylation sites (tertiary alicyclic amines) is 1. The van der Waals surface area contributed by atoms with E-state index in [0.717, 1.165) is 13.1 Å². The highest BCUT2D eigenvalue weighted by molar-refractivity contribution is 5.79. The van der Waals surface area contributed by atoms with Crippen LogP contribution in [-0.4, -0.2) is 23.3 Å². The molecule has 2 heteroatoms. The van der Waals surface area contributed by atoms with Crippen LogP contribution in [-0.2, 0) is 11.3 Å². The van der Waals surface area contributed by atoms with Crippen molar-refractivity contribution >= 4 is 5.78 Å². The number of Topliss-reactive ketones (excluding diaryl/α,β-unsaturated/α-hetero) is 1. The molecule has 0 amide bonds. The maximum absolute atomic E-state index is 11.4. The molecule has 2 nitrogen and oxygen atoms in total. The summed E-state index contributed by atoms with van der Waals surface area (Å²) in [5.41, 5.74) is 2.74. The fraction of sp³-hybridized carbons (Fsp3) is 0.562.